The topological polar surface area (TPSA) is 62.7 Å². The van der Waals surface area contributed by atoms with E-state index in [-0.39, 0.29) is 28.6 Å². The summed E-state index contributed by atoms with van der Waals surface area (Å²) < 4.78 is 4.63. The molecule has 1 aromatic heterocycles. The van der Waals surface area contributed by atoms with Crippen molar-refractivity contribution in [3.05, 3.63) is 28.0 Å². The largest absolute Gasteiger partial charge is 0.468 e. The van der Waals surface area contributed by atoms with E-state index in [9.17, 15) is 9.59 Å². The van der Waals surface area contributed by atoms with Crippen LogP contribution in [0.1, 0.15) is 10.4 Å². The van der Waals surface area contributed by atoms with Crippen LogP contribution in [0.4, 0.5) is 0 Å². The summed E-state index contributed by atoms with van der Waals surface area (Å²) in [5.74, 6) is -0.458. The van der Waals surface area contributed by atoms with Crippen molar-refractivity contribution in [2.45, 2.75) is 0 Å². The van der Waals surface area contributed by atoms with Crippen molar-refractivity contribution in [2.75, 3.05) is 39.8 Å². The van der Waals surface area contributed by atoms with Crippen molar-refractivity contribution >= 4 is 35.1 Å². The Balaban J connectivity index is 1.97. The molecule has 0 aromatic carbocycles. The van der Waals surface area contributed by atoms with Gasteiger partial charge >= 0.3 is 5.97 Å². The van der Waals surface area contributed by atoms with E-state index in [0.717, 1.165) is 0 Å². The summed E-state index contributed by atoms with van der Waals surface area (Å²) in [5, 5.41) is 0.508. The maximum Gasteiger partial charge on any atom is 0.319 e. The number of nitrogens with zero attached hydrogens (tertiary/aromatic N) is 3. The molecule has 2 rings (SSSR count). The molecular weight excluding hydrogens is 317 g/mol. The quantitative estimate of drug-likeness (QED) is 0.617. The Kier molecular flexibility index (Phi) is 5.39. The second-order valence-corrected chi connectivity index (χ2v) is 5.43. The Bertz CT molecular complexity index is 545. The molecule has 1 aromatic rings. The molecule has 0 N–H and O–H groups in total. The SMILES string of the molecule is COC(=O)CN1CCN(C(=O)c2cc(Cl)ncc2Cl)CC1. The molecule has 0 spiro atoms. The molecule has 0 saturated carbocycles. The van der Waals surface area contributed by atoms with E-state index < -0.39 is 0 Å². The first-order valence-corrected chi connectivity index (χ1v) is 7.16. The standard InChI is InChI=1S/C13H15Cl2N3O3/c1-21-12(19)8-17-2-4-18(5-3-17)13(20)9-6-11(15)16-7-10(9)14/h6-7H,2-5,8H2,1H3. The van der Waals surface area contributed by atoms with Gasteiger partial charge in [0.2, 0.25) is 0 Å². The number of rotatable bonds is 3. The smallest absolute Gasteiger partial charge is 0.319 e. The van der Waals surface area contributed by atoms with E-state index in [2.05, 4.69) is 9.72 Å². The van der Waals surface area contributed by atoms with Crippen molar-refractivity contribution < 1.29 is 14.3 Å². The molecule has 6 nitrogen and oxygen atoms in total. The monoisotopic (exact) mass is 331 g/mol. The third kappa shape index (κ3) is 4.06. The van der Waals surface area contributed by atoms with Crippen LogP contribution < -0.4 is 0 Å². The van der Waals surface area contributed by atoms with Crippen LogP contribution in [0.2, 0.25) is 10.2 Å². The van der Waals surface area contributed by atoms with Gasteiger partial charge in [0.15, 0.2) is 0 Å². The number of pyridine rings is 1. The van der Waals surface area contributed by atoms with Gasteiger partial charge in [-0.3, -0.25) is 14.5 Å². The van der Waals surface area contributed by atoms with Crippen molar-refractivity contribution in [2.24, 2.45) is 0 Å². The number of carbonyl (C=O) groups is 2. The molecule has 2 heterocycles. The molecule has 0 unspecified atom stereocenters. The Morgan fingerprint density at radius 3 is 2.57 bits per heavy atom. The molecule has 1 saturated heterocycles. The summed E-state index contributed by atoms with van der Waals surface area (Å²) in [7, 11) is 1.36. The van der Waals surface area contributed by atoms with Gasteiger partial charge < -0.3 is 9.64 Å². The number of carbonyl (C=O) groups excluding carboxylic acids is 2. The predicted molar refractivity (Wildman–Crippen MR) is 78.6 cm³/mol. The number of esters is 1. The van der Waals surface area contributed by atoms with E-state index in [1.54, 1.807) is 4.90 Å². The predicted octanol–water partition coefficient (Wildman–Crippen LogP) is 1.32. The third-order valence-corrected chi connectivity index (χ3v) is 3.80. The summed E-state index contributed by atoms with van der Waals surface area (Å²) in [6.07, 6.45) is 1.37. The molecule has 0 atom stereocenters. The number of amides is 1. The van der Waals surface area contributed by atoms with Crippen LogP contribution in [0.25, 0.3) is 0 Å². The minimum absolute atomic E-state index is 0.179. The van der Waals surface area contributed by atoms with Crippen LogP contribution in [-0.2, 0) is 9.53 Å². The van der Waals surface area contributed by atoms with E-state index >= 15 is 0 Å². The lowest BCUT2D eigenvalue weighted by molar-refractivity contribution is -0.142. The summed E-state index contributed by atoms with van der Waals surface area (Å²) in [5.41, 5.74) is 0.345. The highest BCUT2D eigenvalue weighted by molar-refractivity contribution is 6.35. The lowest BCUT2D eigenvalue weighted by Gasteiger charge is -2.34. The van der Waals surface area contributed by atoms with Crippen LogP contribution in [0.5, 0.6) is 0 Å². The number of piperazine rings is 1. The molecule has 1 aliphatic rings. The van der Waals surface area contributed by atoms with Crippen molar-refractivity contribution in [3.8, 4) is 0 Å². The van der Waals surface area contributed by atoms with E-state index in [1.165, 1.54) is 19.4 Å². The number of ether oxygens (including phenoxy) is 1. The zero-order valence-corrected chi connectivity index (χ0v) is 13.0. The summed E-state index contributed by atoms with van der Waals surface area (Å²) >= 11 is 11.8. The van der Waals surface area contributed by atoms with Gasteiger partial charge in [-0.05, 0) is 6.07 Å². The van der Waals surface area contributed by atoms with Crippen LogP contribution in [0.15, 0.2) is 12.3 Å². The Morgan fingerprint density at radius 2 is 1.95 bits per heavy atom. The molecule has 0 bridgehead atoms. The van der Waals surface area contributed by atoms with Gasteiger partial charge in [-0.1, -0.05) is 23.2 Å². The minimum atomic E-state index is -0.279. The Hall–Kier alpha value is -1.37. The first kappa shape index (κ1) is 16.0. The van der Waals surface area contributed by atoms with Crippen LogP contribution >= 0.6 is 23.2 Å². The second kappa shape index (κ2) is 7.06. The average Bonchev–Trinajstić information content (AvgIpc) is 2.49. The normalized spacial score (nSPS) is 15.9. The second-order valence-electron chi connectivity index (χ2n) is 4.63. The Morgan fingerprint density at radius 1 is 1.29 bits per heavy atom. The molecule has 0 aliphatic carbocycles. The Labute approximate surface area is 132 Å². The molecular formula is C13H15Cl2N3O3. The zero-order chi connectivity index (χ0) is 15.4. The van der Waals surface area contributed by atoms with Crippen molar-refractivity contribution in [1.82, 2.24) is 14.8 Å². The van der Waals surface area contributed by atoms with E-state index in [1.807, 2.05) is 4.90 Å². The highest BCUT2D eigenvalue weighted by Gasteiger charge is 2.25. The molecule has 8 heteroatoms. The van der Waals surface area contributed by atoms with Gasteiger partial charge in [0.1, 0.15) is 5.15 Å². The van der Waals surface area contributed by atoms with Crippen molar-refractivity contribution in [1.29, 1.82) is 0 Å². The summed E-state index contributed by atoms with van der Waals surface area (Å²) in [4.78, 5) is 31.1. The molecule has 1 fully saturated rings. The van der Waals surface area contributed by atoms with Crippen molar-refractivity contribution in [3.63, 3.8) is 0 Å². The fourth-order valence-corrected chi connectivity index (χ4v) is 2.45. The highest BCUT2D eigenvalue weighted by Crippen LogP contribution is 2.20. The first-order valence-electron chi connectivity index (χ1n) is 6.40. The van der Waals surface area contributed by atoms with Crippen LogP contribution in [0, 0.1) is 0 Å². The third-order valence-electron chi connectivity index (χ3n) is 3.29. The molecule has 1 amide bonds. The average molecular weight is 332 g/mol. The van der Waals surface area contributed by atoms with Crippen LogP contribution in [-0.4, -0.2) is 66.5 Å². The number of halogens is 2. The summed E-state index contributed by atoms with van der Waals surface area (Å²) in [6.45, 7) is 2.49. The zero-order valence-electron chi connectivity index (χ0n) is 11.5. The van der Waals surface area contributed by atoms with Gasteiger partial charge in [-0.2, -0.15) is 0 Å². The van der Waals surface area contributed by atoms with Gasteiger partial charge in [0.05, 0.1) is 24.2 Å². The first-order chi connectivity index (χ1) is 10.0. The minimum Gasteiger partial charge on any atom is -0.468 e. The van der Waals surface area contributed by atoms with Gasteiger partial charge in [-0.25, -0.2) is 4.98 Å². The molecule has 0 radical (unpaired) electrons. The lowest BCUT2D eigenvalue weighted by Crippen LogP contribution is -2.50. The highest BCUT2D eigenvalue weighted by atomic mass is 35.5. The van der Waals surface area contributed by atoms with E-state index in [4.69, 9.17) is 23.2 Å². The summed E-state index contributed by atoms with van der Waals surface area (Å²) in [6, 6.07) is 1.47. The fourth-order valence-electron chi connectivity index (χ4n) is 2.10. The molecule has 1 aliphatic heterocycles. The number of aromatic nitrogens is 1. The lowest BCUT2D eigenvalue weighted by atomic mass is 10.2. The van der Waals surface area contributed by atoms with Crippen LogP contribution in [0.3, 0.4) is 0 Å². The molecule has 21 heavy (non-hydrogen) atoms. The van der Waals surface area contributed by atoms with Gasteiger partial charge in [0.25, 0.3) is 5.91 Å². The maximum absolute atomic E-state index is 12.4. The number of hydrogen-bond donors (Lipinski definition) is 0. The molecule has 114 valence electrons. The maximum atomic E-state index is 12.4. The fraction of sp³-hybridized carbons (Fsp3) is 0.462. The van der Waals surface area contributed by atoms with Gasteiger partial charge in [-0.15, -0.1) is 0 Å². The number of hydrogen-bond acceptors (Lipinski definition) is 5. The number of methoxy groups -OCH3 is 1. The van der Waals surface area contributed by atoms with E-state index in [0.29, 0.717) is 31.7 Å². The van der Waals surface area contributed by atoms with Gasteiger partial charge in [0, 0.05) is 32.4 Å².